The van der Waals surface area contributed by atoms with E-state index in [0.717, 1.165) is 47.1 Å². The van der Waals surface area contributed by atoms with E-state index in [1.807, 2.05) is 42.8 Å². The highest BCUT2D eigenvalue weighted by molar-refractivity contribution is 5.79. The number of methoxy groups -OCH3 is 1. The number of nitrogens with one attached hydrogen (secondary N) is 2. The molecule has 0 saturated carbocycles. The summed E-state index contributed by atoms with van der Waals surface area (Å²) in [5.74, 6) is 1.39. The number of phenols is 1. The van der Waals surface area contributed by atoms with Gasteiger partial charge in [-0.25, -0.2) is 9.67 Å². The third-order valence-corrected chi connectivity index (χ3v) is 4.93. The maximum atomic E-state index is 9.74. The summed E-state index contributed by atoms with van der Waals surface area (Å²) in [7, 11) is 1.55. The number of aryl methyl sites for hydroxylation is 2. The van der Waals surface area contributed by atoms with Gasteiger partial charge in [-0.3, -0.25) is 0 Å². The van der Waals surface area contributed by atoms with Crippen LogP contribution in [0.5, 0.6) is 11.5 Å². The highest BCUT2D eigenvalue weighted by atomic mass is 16.5. The molecule has 1 heterocycles. The molecule has 0 bridgehead atoms. The summed E-state index contributed by atoms with van der Waals surface area (Å²) in [6.45, 7) is 8.13. The van der Waals surface area contributed by atoms with E-state index < -0.39 is 0 Å². The summed E-state index contributed by atoms with van der Waals surface area (Å²) in [4.78, 5) is 4.77. The standard InChI is InChI=1S/C24H31N5O2/c1-5-25-24(26-13-12-19-10-11-22(30)23(15-19)31-4)27-16-20-8-6-7-9-21(20)29-18(3)14-17(2)28-29/h6-11,14-15,30H,5,12-13,16H2,1-4H3,(H2,25,26,27). The maximum Gasteiger partial charge on any atom is 0.191 e. The van der Waals surface area contributed by atoms with Gasteiger partial charge in [0.25, 0.3) is 0 Å². The minimum absolute atomic E-state index is 0.149. The van der Waals surface area contributed by atoms with Gasteiger partial charge in [0.15, 0.2) is 17.5 Å². The van der Waals surface area contributed by atoms with Crippen molar-refractivity contribution in [2.24, 2.45) is 4.99 Å². The Morgan fingerprint density at radius 2 is 1.94 bits per heavy atom. The first-order valence-electron chi connectivity index (χ1n) is 10.5. The van der Waals surface area contributed by atoms with Crippen LogP contribution in [0.25, 0.3) is 5.69 Å². The van der Waals surface area contributed by atoms with E-state index in [1.54, 1.807) is 13.2 Å². The van der Waals surface area contributed by atoms with E-state index in [9.17, 15) is 5.11 Å². The van der Waals surface area contributed by atoms with Gasteiger partial charge in [-0.15, -0.1) is 0 Å². The molecule has 2 aromatic carbocycles. The molecule has 3 aromatic rings. The number of nitrogens with zero attached hydrogens (tertiary/aromatic N) is 3. The number of aliphatic imine (C=N–C) groups is 1. The Bertz CT molecular complexity index is 1040. The molecule has 3 N–H and O–H groups in total. The van der Waals surface area contributed by atoms with Crippen molar-refractivity contribution in [2.45, 2.75) is 33.7 Å². The molecule has 1 aromatic heterocycles. The predicted molar refractivity (Wildman–Crippen MR) is 124 cm³/mol. The van der Waals surface area contributed by atoms with Crippen molar-refractivity contribution < 1.29 is 9.84 Å². The average Bonchev–Trinajstić information content (AvgIpc) is 3.11. The molecule has 0 atom stereocenters. The van der Waals surface area contributed by atoms with Gasteiger partial charge in [0, 0.05) is 18.8 Å². The zero-order chi connectivity index (χ0) is 22.2. The number of benzene rings is 2. The second-order valence-electron chi connectivity index (χ2n) is 7.35. The Labute approximate surface area is 183 Å². The van der Waals surface area contributed by atoms with Gasteiger partial charge in [-0.2, -0.15) is 5.10 Å². The Morgan fingerprint density at radius 3 is 2.65 bits per heavy atom. The van der Waals surface area contributed by atoms with Crippen molar-refractivity contribution in [1.29, 1.82) is 0 Å². The molecule has 0 unspecified atom stereocenters. The monoisotopic (exact) mass is 421 g/mol. The van der Waals surface area contributed by atoms with E-state index in [0.29, 0.717) is 18.8 Å². The third-order valence-electron chi connectivity index (χ3n) is 4.93. The summed E-state index contributed by atoms with van der Waals surface area (Å²) in [5.41, 5.74) is 5.32. The van der Waals surface area contributed by atoms with Crippen LogP contribution in [0.3, 0.4) is 0 Å². The lowest BCUT2D eigenvalue weighted by Crippen LogP contribution is -2.38. The summed E-state index contributed by atoms with van der Waals surface area (Å²) in [6, 6.07) is 15.7. The number of hydrogen-bond donors (Lipinski definition) is 3. The molecule has 0 aliphatic carbocycles. The molecule has 0 amide bonds. The van der Waals surface area contributed by atoms with E-state index in [4.69, 9.17) is 9.73 Å². The van der Waals surface area contributed by atoms with Crippen molar-refractivity contribution in [3.05, 3.63) is 71.0 Å². The molecule has 0 spiro atoms. The molecule has 31 heavy (non-hydrogen) atoms. The van der Waals surface area contributed by atoms with Crippen LogP contribution in [0, 0.1) is 13.8 Å². The van der Waals surface area contributed by atoms with Crippen LogP contribution in [0.1, 0.15) is 29.4 Å². The van der Waals surface area contributed by atoms with E-state index >= 15 is 0 Å². The maximum absolute atomic E-state index is 9.74. The first-order chi connectivity index (χ1) is 15.0. The van der Waals surface area contributed by atoms with Crippen LogP contribution in [0.2, 0.25) is 0 Å². The molecule has 3 rings (SSSR count). The normalized spacial score (nSPS) is 11.4. The summed E-state index contributed by atoms with van der Waals surface area (Å²) in [6.07, 6.45) is 0.781. The van der Waals surface area contributed by atoms with Crippen LogP contribution in [0.4, 0.5) is 0 Å². The molecular weight excluding hydrogens is 390 g/mol. The lowest BCUT2D eigenvalue weighted by molar-refractivity contribution is 0.373. The molecule has 0 radical (unpaired) electrons. The van der Waals surface area contributed by atoms with Crippen LogP contribution < -0.4 is 15.4 Å². The minimum atomic E-state index is 0.149. The molecule has 164 valence electrons. The molecule has 7 heteroatoms. The van der Waals surface area contributed by atoms with Crippen molar-refractivity contribution in [3.8, 4) is 17.2 Å². The van der Waals surface area contributed by atoms with Crippen molar-refractivity contribution in [3.63, 3.8) is 0 Å². The van der Waals surface area contributed by atoms with Gasteiger partial charge >= 0.3 is 0 Å². The first-order valence-corrected chi connectivity index (χ1v) is 10.5. The van der Waals surface area contributed by atoms with E-state index in [2.05, 4.69) is 40.9 Å². The second kappa shape index (κ2) is 10.5. The SMILES string of the molecule is CCNC(=NCc1ccccc1-n1nc(C)cc1C)NCCc1ccc(O)c(OC)c1. The van der Waals surface area contributed by atoms with Gasteiger partial charge in [-0.05, 0) is 62.6 Å². The van der Waals surface area contributed by atoms with Gasteiger partial charge in [0.2, 0.25) is 0 Å². The van der Waals surface area contributed by atoms with Crippen molar-refractivity contribution >= 4 is 5.96 Å². The van der Waals surface area contributed by atoms with Gasteiger partial charge in [0.05, 0.1) is 25.0 Å². The van der Waals surface area contributed by atoms with E-state index in [1.165, 1.54) is 0 Å². The highest BCUT2D eigenvalue weighted by Gasteiger charge is 2.09. The van der Waals surface area contributed by atoms with Crippen LogP contribution >= 0.6 is 0 Å². The lowest BCUT2D eigenvalue weighted by atomic mass is 10.1. The zero-order valence-electron chi connectivity index (χ0n) is 18.6. The minimum Gasteiger partial charge on any atom is -0.504 e. The average molecular weight is 422 g/mol. The molecular formula is C24H31N5O2. The van der Waals surface area contributed by atoms with Gasteiger partial charge < -0.3 is 20.5 Å². The number of aromatic hydroxyl groups is 1. The predicted octanol–water partition coefficient (Wildman–Crippen LogP) is 3.50. The number of hydrogen-bond acceptors (Lipinski definition) is 4. The number of ether oxygens (including phenoxy) is 1. The molecule has 0 aliphatic rings. The highest BCUT2D eigenvalue weighted by Crippen LogP contribution is 2.26. The third kappa shape index (κ3) is 5.78. The Hall–Kier alpha value is -3.48. The quantitative estimate of drug-likeness (QED) is 0.383. The Kier molecular flexibility index (Phi) is 7.54. The van der Waals surface area contributed by atoms with Crippen molar-refractivity contribution in [1.82, 2.24) is 20.4 Å². The molecule has 0 saturated heterocycles. The number of aromatic nitrogens is 2. The largest absolute Gasteiger partial charge is 0.504 e. The van der Waals surface area contributed by atoms with E-state index in [-0.39, 0.29) is 5.75 Å². The molecule has 0 aliphatic heterocycles. The Morgan fingerprint density at radius 1 is 1.13 bits per heavy atom. The van der Waals surface area contributed by atoms with Crippen LogP contribution in [-0.2, 0) is 13.0 Å². The summed E-state index contributed by atoms with van der Waals surface area (Å²) in [5, 5.41) is 21.0. The summed E-state index contributed by atoms with van der Waals surface area (Å²) >= 11 is 0. The van der Waals surface area contributed by atoms with Crippen LogP contribution in [0.15, 0.2) is 53.5 Å². The smallest absolute Gasteiger partial charge is 0.191 e. The number of para-hydroxylation sites is 1. The number of rotatable bonds is 8. The first kappa shape index (κ1) is 22.2. The molecule has 0 fully saturated rings. The summed E-state index contributed by atoms with van der Waals surface area (Å²) < 4.78 is 7.15. The second-order valence-corrected chi connectivity index (χ2v) is 7.35. The number of guanidine groups is 1. The Balaban J connectivity index is 1.68. The fourth-order valence-electron chi connectivity index (χ4n) is 3.43. The van der Waals surface area contributed by atoms with Gasteiger partial charge in [-0.1, -0.05) is 24.3 Å². The number of phenolic OH excluding ortho intramolecular Hbond substituents is 1. The lowest BCUT2D eigenvalue weighted by Gasteiger charge is -2.13. The topological polar surface area (TPSA) is 83.7 Å². The zero-order valence-corrected chi connectivity index (χ0v) is 18.6. The van der Waals surface area contributed by atoms with Gasteiger partial charge in [0.1, 0.15) is 0 Å². The molecule has 7 nitrogen and oxygen atoms in total. The van der Waals surface area contributed by atoms with Crippen LogP contribution in [-0.4, -0.2) is 41.0 Å². The van der Waals surface area contributed by atoms with Crippen molar-refractivity contribution in [2.75, 3.05) is 20.2 Å². The fraction of sp³-hybridized carbons (Fsp3) is 0.333. The fourth-order valence-corrected chi connectivity index (χ4v) is 3.43.